The number of rotatable bonds is 6. The molecule has 0 saturated carbocycles. The predicted octanol–water partition coefficient (Wildman–Crippen LogP) is -0.604. The summed E-state index contributed by atoms with van der Waals surface area (Å²) in [6.07, 6.45) is 2.52. The van der Waals surface area contributed by atoms with Gasteiger partial charge in [0, 0.05) is 26.2 Å². The highest BCUT2D eigenvalue weighted by Gasteiger charge is 2.32. The molecule has 0 radical (unpaired) electrons. The summed E-state index contributed by atoms with van der Waals surface area (Å²) in [5.74, 6) is 1.81. The molecule has 1 fully saturated rings. The number of nitrogens with zero attached hydrogens (tertiary/aromatic N) is 6. The van der Waals surface area contributed by atoms with Crippen molar-refractivity contribution in [2.45, 2.75) is 46.2 Å². The lowest BCUT2D eigenvalue weighted by Crippen LogP contribution is -3.00. The molecule has 2 aromatic rings. The molecule has 150 valence electrons. The summed E-state index contributed by atoms with van der Waals surface area (Å²) in [4.78, 5) is 16.7. The van der Waals surface area contributed by atoms with E-state index in [-0.39, 0.29) is 30.4 Å². The third kappa shape index (κ3) is 4.87. The Labute approximate surface area is 166 Å². The third-order valence-corrected chi connectivity index (χ3v) is 4.77. The highest BCUT2D eigenvalue weighted by atomic mass is 35.5. The van der Waals surface area contributed by atoms with Crippen LogP contribution in [0.5, 0.6) is 0 Å². The maximum absolute atomic E-state index is 12.5. The molecule has 1 aliphatic rings. The van der Waals surface area contributed by atoms with Crippen molar-refractivity contribution in [3.63, 3.8) is 0 Å². The van der Waals surface area contributed by atoms with Crippen molar-refractivity contribution >= 4 is 5.91 Å². The Hall–Kier alpha value is -1.93. The second kappa shape index (κ2) is 9.32. The molecule has 1 atom stereocenters. The van der Waals surface area contributed by atoms with Gasteiger partial charge < -0.3 is 21.7 Å². The molecule has 0 N–H and O–H groups in total. The number of halogens is 1. The molecule has 1 aliphatic heterocycles. The van der Waals surface area contributed by atoms with Gasteiger partial charge in [-0.05, 0) is 48.7 Å². The lowest BCUT2D eigenvalue weighted by molar-refractivity contribution is -0.0000167. The lowest BCUT2D eigenvalue weighted by atomic mass is 10.0. The van der Waals surface area contributed by atoms with Crippen molar-refractivity contribution in [1.82, 2.24) is 30.0 Å². The molecular formula is C18H28ClN6O2-. The number of aromatic nitrogens is 4. The molecule has 1 unspecified atom stereocenters. The summed E-state index contributed by atoms with van der Waals surface area (Å²) >= 11 is 0. The first kappa shape index (κ1) is 21.4. The Morgan fingerprint density at radius 1 is 1.19 bits per heavy atom. The summed E-state index contributed by atoms with van der Waals surface area (Å²) < 4.78 is 7.15. The summed E-state index contributed by atoms with van der Waals surface area (Å²) in [5, 5.41) is 12.4. The van der Waals surface area contributed by atoms with Crippen LogP contribution in [0.2, 0.25) is 0 Å². The standard InChI is InChI=1S/C18H28N6O2.ClH/c1-13(2)12-15(17-19-20-21-24(17)14(3)4)22-7-9-23(10-8-22)18(25)16-6-5-11-26-16;/h5-6,11,13-15H,7-10,12H2,1-4H3;1H/p-1. The van der Waals surface area contributed by atoms with Crippen LogP contribution in [0.1, 0.15) is 62.6 Å². The van der Waals surface area contributed by atoms with Crippen molar-refractivity contribution in [1.29, 1.82) is 0 Å². The van der Waals surface area contributed by atoms with Crippen LogP contribution in [0.15, 0.2) is 22.8 Å². The van der Waals surface area contributed by atoms with E-state index in [1.807, 2.05) is 9.58 Å². The molecule has 9 heteroatoms. The number of tetrazole rings is 1. The van der Waals surface area contributed by atoms with E-state index in [0.717, 1.165) is 25.3 Å². The number of hydrogen-bond acceptors (Lipinski definition) is 6. The van der Waals surface area contributed by atoms with Crippen LogP contribution < -0.4 is 12.4 Å². The highest BCUT2D eigenvalue weighted by Crippen LogP contribution is 2.28. The molecule has 2 aromatic heterocycles. The first-order chi connectivity index (χ1) is 12.5. The predicted molar refractivity (Wildman–Crippen MR) is 96.6 cm³/mol. The van der Waals surface area contributed by atoms with Crippen molar-refractivity contribution in [3.05, 3.63) is 30.0 Å². The third-order valence-electron chi connectivity index (χ3n) is 4.77. The van der Waals surface area contributed by atoms with Gasteiger partial charge in [0.15, 0.2) is 11.6 Å². The molecule has 0 aliphatic carbocycles. The Bertz CT molecular complexity index is 707. The molecule has 27 heavy (non-hydrogen) atoms. The molecule has 3 rings (SSSR count). The van der Waals surface area contributed by atoms with Crippen LogP contribution in [-0.2, 0) is 0 Å². The zero-order valence-electron chi connectivity index (χ0n) is 16.4. The fourth-order valence-corrected chi connectivity index (χ4v) is 3.44. The number of piperazine rings is 1. The molecule has 0 aromatic carbocycles. The number of amides is 1. The Morgan fingerprint density at radius 3 is 2.44 bits per heavy atom. The normalized spacial score (nSPS) is 16.6. The molecule has 8 nitrogen and oxygen atoms in total. The first-order valence-corrected chi connectivity index (χ1v) is 9.32. The van der Waals surface area contributed by atoms with Gasteiger partial charge in [-0.25, -0.2) is 4.68 Å². The zero-order valence-corrected chi connectivity index (χ0v) is 17.1. The van der Waals surface area contributed by atoms with Gasteiger partial charge in [0.05, 0.1) is 18.3 Å². The SMILES string of the molecule is CC(C)CC(c1nnnn1C(C)C)N1CCN(C(=O)c2ccco2)CC1.[Cl-]. The van der Waals surface area contributed by atoms with Crippen molar-refractivity contribution < 1.29 is 21.6 Å². The van der Waals surface area contributed by atoms with Gasteiger partial charge >= 0.3 is 0 Å². The summed E-state index contributed by atoms with van der Waals surface area (Å²) in [7, 11) is 0. The molecular weight excluding hydrogens is 368 g/mol. The maximum atomic E-state index is 12.5. The van der Waals surface area contributed by atoms with Crippen molar-refractivity contribution in [2.24, 2.45) is 5.92 Å². The minimum absolute atomic E-state index is 0. The number of hydrogen-bond donors (Lipinski definition) is 0. The minimum Gasteiger partial charge on any atom is -1.00 e. The lowest BCUT2D eigenvalue weighted by Gasteiger charge is -2.39. The van der Waals surface area contributed by atoms with Crippen LogP contribution in [0.4, 0.5) is 0 Å². The van der Waals surface area contributed by atoms with E-state index in [1.165, 1.54) is 6.26 Å². The van der Waals surface area contributed by atoms with E-state index in [0.29, 0.717) is 24.8 Å². The average molecular weight is 396 g/mol. The number of carbonyl (C=O) groups is 1. The van der Waals surface area contributed by atoms with Crippen LogP contribution in [0.3, 0.4) is 0 Å². The topological polar surface area (TPSA) is 80.3 Å². The van der Waals surface area contributed by atoms with Gasteiger partial charge in [-0.15, -0.1) is 5.10 Å². The fraction of sp³-hybridized carbons (Fsp3) is 0.667. The van der Waals surface area contributed by atoms with E-state index in [1.54, 1.807) is 12.1 Å². The van der Waals surface area contributed by atoms with Gasteiger partial charge in [0.1, 0.15) is 0 Å². The van der Waals surface area contributed by atoms with E-state index < -0.39 is 0 Å². The zero-order chi connectivity index (χ0) is 18.7. The minimum atomic E-state index is -0.0397. The van der Waals surface area contributed by atoms with E-state index in [4.69, 9.17) is 4.42 Å². The van der Waals surface area contributed by atoms with Gasteiger partial charge in [0.2, 0.25) is 0 Å². The molecule has 0 bridgehead atoms. The number of furan rings is 1. The summed E-state index contributed by atoms with van der Waals surface area (Å²) in [6.45, 7) is 11.6. The molecule has 1 saturated heterocycles. The molecule has 3 heterocycles. The van der Waals surface area contributed by atoms with Gasteiger partial charge in [-0.2, -0.15) is 0 Å². The summed E-state index contributed by atoms with van der Waals surface area (Å²) in [6, 6.07) is 3.84. The van der Waals surface area contributed by atoms with Crippen molar-refractivity contribution in [2.75, 3.05) is 26.2 Å². The fourth-order valence-electron chi connectivity index (χ4n) is 3.44. The van der Waals surface area contributed by atoms with Crippen LogP contribution in [0.25, 0.3) is 0 Å². The Morgan fingerprint density at radius 2 is 1.89 bits per heavy atom. The quantitative estimate of drug-likeness (QED) is 0.649. The molecule has 1 amide bonds. The van der Waals surface area contributed by atoms with Crippen molar-refractivity contribution in [3.8, 4) is 0 Å². The smallest absolute Gasteiger partial charge is 0.289 e. The van der Waals surface area contributed by atoms with Crippen LogP contribution >= 0.6 is 0 Å². The Kier molecular flexibility index (Phi) is 7.38. The second-order valence-electron chi connectivity index (χ2n) is 7.53. The van der Waals surface area contributed by atoms with Crippen LogP contribution in [0, 0.1) is 5.92 Å². The monoisotopic (exact) mass is 395 g/mol. The van der Waals surface area contributed by atoms with Gasteiger partial charge in [-0.3, -0.25) is 9.69 Å². The number of carbonyl (C=O) groups excluding carboxylic acids is 1. The van der Waals surface area contributed by atoms with Gasteiger partial charge in [-0.1, -0.05) is 13.8 Å². The highest BCUT2D eigenvalue weighted by molar-refractivity contribution is 5.91. The Balaban J connectivity index is 0.00000261. The largest absolute Gasteiger partial charge is 1.00 e. The van der Waals surface area contributed by atoms with Gasteiger partial charge in [0.25, 0.3) is 5.91 Å². The first-order valence-electron chi connectivity index (χ1n) is 9.32. The average Bonchev–Trinajstić information content (AvgIpc) is 3.30. The maximum Gasteiger partial charge on any atom is 0.289 e. The van der Waals surface area contributed by atoms with E-state index >= 15 is 0 Å². The molecule has 0 spiro atoms. The van der Waals surface area contributed by atoms with Crippen LogP contribution in [-0.4, -0.2) is 62.1 Å². The summed E-state index contributed by atoms with van der Waals surface area (Å²) in [5.41, 5.74) is 0. The van der Waals surface area contributed by atoms with E-state index in [2.05, 4.69) is 48.1 Å². The van der Waals surface area contributed by atoms with E-state index in [9.17, 15) is 4.79 Å². The second-order valence-corrected chi connectivity index (χ2v) is 7.53.